The molecule has 6 heteroatoms. The molecule has 3 heterocycles. The molecule has 32 heavy (non-hydrogen) atoms. The molecule has 1 saturated heterocycles. The Labute approximate surface area is 194 Å². The van der Waals surface area contributed by atoms with E-state index >= 15 is 0 Å². The van der Waals surface area contributed by atoms with E-state index in [2.05, 4.69) is 40.4 Å². The van der Waals surface area contributed by atoms with Crippen LogP contribution in [-0.2, 0) is 11.2 Å². The van der Waals surface area contributed by atoms with Crippen LogP contribution in [0.25, 0.3) is 5.69 Å². The van der Waals surface area contributed by atoms with E-state index in [0.29, 0.717) is 32.5 Å². The first kappa shape index (κ1) is 22.3. The van der Waals surface area contributed by atoms with Gasteiger partial charge in [0.05, 0.1) is 5.56 Å². The maximum atomic E-state index is 13.3. The van der Waals surface area contributed by atoms with Crippen LogP contribution in [0.4, 0.5) is 0 Å². The number of nitrogens with zero attached hydrogens (tertiary/aromatic N) is 2. The second-order valence-electron chi connectivity index (χ2n) is 8.59. The van der Waals surface area contributed by atoms with E-state index in [1.54, 1.807) is 11.3 Å². The number of carbonyl (C=O) groups is 2. The maximum absolute atomic E-state index is 13.3. The third-order valence-electron chi connectivity index (χ3n) is 6.42. The Hall–Kier alpha value is -2.86. The lowest BCUT2D eigenvalue weighted by molar-refractivity contribution is -0.126. The standard InChI is InChI=1S/C26H31N3O2S/c1-18-7-4-5-9-24(18)29-19(2)17-23(20(29)3)26(31)28-14-11-21(12-15-28)25(30)27-13-10-22-8-6-16-32-22/h4-9,16-17,21H,10-15H2,1-3H3,(H,27,30). The summed E-state index contributed by atoms with van der Waals surface area (Å²) in [6.07, 6.45) is 2.30. The lowest BCUT2D eigenvalue weighted by Gasteiger charge is -2.31. The Bertz CT molecular complexity index is 1090. The summed E-state index contributed by atoms with van der Waals surface area (Å²) in [4.78, 5) is 29.0. The third kappa shape index (κ3) is 4.65. The summed E-state index contributed by atoms with van der Waals surface area (Å²) in [7, 11) is 0. The molecule has 168 valence electrons. The fourth-order valence-corrected chi connectivity index (χ4v) is 5.30. The number of hydrogen-bond donors (Lipinski definition) is 1. The Morgan fingerprint density at radius 3 is 2.50 bits per heavy atom. The van der Waals surface area contributed by atoms with Crippen molar-refractivity contribution in [2.45, 2.75) is 40.0 Å². The highest BCUT2D eigenvalue weighted by Gasteiger charge is 2.29. The number of benzene rings is 1. The minimum Gasteiger partial charge on any atom is -0.355 e. The van der Waals surface area contributed by atoms with Gasteiger partial charge in [-0.05, 0) is 69.2 Å². The lowest BCUT2D eigenvalue weighted by atomic mass is 9.95. The number of aryl methyl sites for hydroxylation is 2. The molecule has 0 atom stereocenters. The maximum Gasteiger partial charge on any atom is 0.255 e. The predicted molar refractivity (Wildman–Crippen MR) is 130 cm³/mol. The van der Waals surface area contributed by atoms with Crippen LogP contribution in [-0.4, -0.2) is 40.9 Å². The van der Waals surface area contributed by atoms with Crippen molar-refractivity contribution < 1.29 is 9.59 Å². The van der Waals surface area contributed by atoms with Gasteiger partial charge in [-0.25, -0.2) is 0 Å². The average Bonchev–Trinajstić information content (AvgIpc) is 3.41. The smallest absolute Gasteiger partial charge is 0.255 e. The highest BCUT2D eigenvalue weighted by molar-refractivity contribution is 7.09. The summed E-state index contributed by atoms with van der Waals surface area (Å²) in [5, 5.41) is 5.13. The number of aromatic nitrogens is 1. The normalized spacial score (nSPS) is 14.5. The first-order chi connectivity index (χ1) is 15.5. The van der Waals surface area contributed by atoms with Crippen molar-refractivity contribution in [1.82, 2.24) is 14.8 Å². The quantitative estimate of drug-likeness (QED) is 0.594. The largest absolute Gasteiger partial charge is 0.355 e. The van der Waals surface area contributed by atoms with Gasteiger partial charge in [0.1, 0.15) is 0 Å². The Kier molecular flexibility index (Phi) is 6.80. The van der Waals surface area contributed by atoms with Crippen LogP contribution in [0.3, 0.4) is 0 Å². The van der Waals surface area contributed by atoms with Gasteiger partial charge in [0.25, 0.3) is 5.91 Å². The molecule has 0 spiro atoms. The number of rotatable bonds is 6. The van der Waals surface area contributed by atoms with E-state index in [1.807, 2.05) is 43.0 Å². The molecule has 1 N–H and O–H groups in total. The number of hydrogen-bond acceptors (Lipinski definition) is 3. The monoisotopic (exact) mass is 449 g/mol. The molecule has 0 unspecified atom stereocenters. The van der Waals surface area contributed by atoms with Gasteiger partial charge in [0, 0.05) is 47.5 Å². The summed E-state index contributed by atoms with van der Waals surface area (Å²) >= 11 is 1.72. The molecule has 4 rings (SSSR count). The zero-order valence-corrected chi connectivity index (χ0v) is 19.9. The fraction of sp³-hybridized carbons (Fsp3) is 0.385. The molecule has 5 nitrogen and oxygen atoms in total. The van der Waals surface area contributed by atoms with Crippen molar-refractivity contribution >= 4 is 23.2 Å². The van der Waals surface area contributed by atoms with Crippen LogP contribution in [0.5, 0.6) is 0 Å². The number of amides is 2. The average molecular weight is 450 g/mol. The van der Waals surface area contributed by atoms with Crippen LogP contribution in [0, 0.1) is 26.7 Å². The topological polar surface area (TPSA) is 54.3 Å². The van der Waals surface area contributed by atoms with Crippen LogP contribution >= 0.6 is 11.3 Å². The first-order valence-electron chi connectivity index (χ1n) is 11.3. The molecule has 1 aliphatic rings. The molecule has 0 aliphatic carbocycles. The second-order valence-corrected chi connectivity index (χ2v) is 9.63. The Morgan fingerprint density at radius 1 is 1.06 bits per heavy atom. The van der Waals surface area contributed by atoms with E-state index < -0.39 is 0 Å². The minimum absolute atomic E-state index is 0.0122. The summed E-state index contributed by atoms with van der Waals surface area (Å²) < 4.78 is 2.16. The molecule has 1 aromatic carbocycles. The zero-order valence-electron chi connectivity index (χ0n) is 19.1. The van der Waals surface area contributed by atoms with E-state index in [-0.39, 0.29) is 17.7 Å². The molecule has 2 aromatic heterocycles. The first-order valence-corrected chi connectivity index (χ1v) is 12.2. The number of piperidine rings is 1. The number of nitrogens with one attached hydrogen (secondary N) is 1. The van der Waals surface area contributed by atoms with Crippen LogP contribution in [0.2, 0.25) is 0 Å². The molecular formula is C26H31N3O2S. The van der Waals surface area contributed by atoms with Crippen molar-refractivity contribution in [3.8, 4) is 5.69 Å². The summed E-state index contributed by atoms with van der Waals surface area (Å²) in [5.41, 5.74) is 5.07. The predicted octanol–water partition coefficient (Wildman–Crippen LogP) is 4.68. The van der Waals surface area contributed by atoms with Crippen molar-refractivity contribution in [1.29, 1.82) is 0 Å². The number of carbonyl (C=O) groups excluding carboxylic acids is 2. The Morgan fingerprint density at radius 2 is 1.81 bits per heavy atom. The van der Waals surface area contributed by atoms with Gasteiger partial charge in [-0.2, -0.15) is 0 Å². The van der Waals surface area contributed by atoms with Crippen LogP contribution in [0.1, 0.15) is 45.0 Å². The van der Waals surface area contributed by atoms with Crippen LogP contribution in [0.15, 0.2) is 47.8 Å². The van der Waals surface area contributed by atoms with Crippen LogP contribution < -0.4 is 5.32 Å². The summed E-state index contributed by atoms with van der Waals surface area (Å²) in [5.74, 6) is 0.169. The van der Waals surface area contributed by atoms with Crippen molar-refractivity contribution in [2.75, 3.05) is 19.6 Å². The lowest BCUT2D eigenvalue weighted by Crippen LogP contribution is -2.43. The van der Waals surface area contributed by atoms with Crippen molar-refractivity contribution in [3.05, 3.63) is 75.2 Å². The van der Waals surface area contributed by atoms with Gasteiger partial charge >= 0.3 is 0 Å². The third-order valence-corrected chi connectivity index (χ3v) is 7.36. The van der Waals surface area contributed by atoms with Gasteiger partial charge in [-0.15, -0.1) is 11.3 Å². The molecule has 3 aromatic rings. The molecule has 2 amide bonds. The van der Waals surface area contributed by atoms with Gasteiger partial charge in [-0.1, -0.05) is 24.3 Å². The number of para-hydroxylation sites is 1. The molecule has 0 bridgehead atoms. The fourth-order valence-electron chi connectivity index (χ4n) is 4.59. The van der Waals surface area contributed by atoms with Crippen molar-refractivity contribution in [2.24, 2.45) is 5.92 Å². The summed E-state index contributed by atoms with van der Waals surface area (Å²) in [6, 6.07) is 14.4. The zero-order chi connectivity index (χ0) is 22.7. The molecule has 0 radical (unpaired) electrons. The second kappa shape index (κ2) is 9.74. The van der Waals surface area contributed by atoms with Gasteiger partial charge in [0.15, 0.2) is 0 Å². The van der Waals surface area contributed by atoms with Crippen molar-refractivity contribution in [3.63, 3.8) is 0 Å². The molecular weight excluding hydrogens is 418 g/mol. The van der Waals surface area contributed by atoms with E-state index in [9.17, 15) is 9.59 Å². The Balaban J connectivity index is 1.36. The number of likely N-dealkylation sites (tertiary alicyclic amines) is 1. The van der Waals surface area contributed by atoms with E-state index in [1.165, 1.54) is 10.4 Å². The van der Waals surface area contributed by atoms with E-state index in [4.69, 9.17) is 0 Å². The van der Waals surface area contributed by atoms with Gasteiger partial charge < -0.3 is 14.8 Å². The minimum atomic E-state index is -0.0122. The molecule has 0 saturated carbocycles. The highest BCUT2D eigenvalue weighted by Crippen LogP contribution is 2.26. The SMILES string of the molecule is Cc1ccccc1-n1c(C)cc(C(=O)N2CCC(C(=O)NCCc3cccs3)CC2)c1C. The molecule has 1 aliphatic heterocycles. The molecule has 1 fully saturated rings. The number of thiophene rings is 1. The van der Waals surface area contributed by atoms with Gasteiger partial charge in [0.2, 0.25) is 5.91 Å². The summed E-state index contributed by atoms with van der Waals surface area (Å²) in [6.45, 7) is 8.06. The van der Waals surface area contributed by atoms with Gasteiger partial charge in [-0.3, -0.25) is 9.59 Å². The van der Waals surface area contributed by atoms with E-state index in [0.717, 1.165) is 29.1 Å². The highest BCUT2D eigenvalue weighted by atomic mass is 32.1.